The lowest BCUT2D eigenvalue weighted by Gasteiger charge is -1.81. The highest BCUT2D eigenvalue weighted by Gasteiger charge is 1.86. The Balaban J connectivity index is 2.82. The van der Waals surface area contributed by atoms with Gasteiger partial charge < -0.3 is 0 Å². The summed E-state index contributed by atoms with van der Waals surface area (Å²) in [4.78, 5) is 13.3. The van der Waals surface area contributed by atoms with Gasteiger partial charge in [0.2, 0.25) is 6.08 Å². The van der Waals surface area contributed by atoms with Gasteiger partial charge in [0.05, 0.1) is 5.70 Å². The SMILES string of the molecule is O=C=NC1=CC=CCC=C1. The molecule has 0 spiro atoms. The maximum absolute atomic E-state index is 9.79. The lowest BCUT2D eigenvalue weighted by atomic mass is 10.4. The maximum Gasteiger partial charge on any atom is 0.240 e. The van der Waals surface area contributed by atoms with Gasteiger partial charge in [0.15, 0.2) is 0 Å². The van der Waals surface area contributed by atoms with Gasteiger partial charge in [0, 0.05) is 0 Å². The summed E-state index contributed by atoms with van der Waals surface area (Å²) in [7, 11) is 0. The average molecular weight is 133 g/mol. The molecule has 0 N–H and O–H groups in total. The second kappa shape index (κ2) is 3.59. The van der Waals surface area contributed by atoms with Crippen molar-refractivity contribution < 1.29 is 4.79 Å². The first-order valence-corrected chi connectivity index (χ1v) is 3.05. The molecule has 0 radical (unpaired) electrons. The van der Waals surface area contributed by atoms with Gasteiger partial charge in [-0.2, -0.15) is 4.99 Å². The molecule has 1 rings (SSSR count). The van der Waals surface area contributed by atoms with Gasteiger partial charge in [-0.05, 0) is 18.6 Å². The molecular formula is C8H7NO. The molecule has 0 saturated carbocycles. The summed E-state index contributed by atoms with van der Waals surface area (Å²) in [6.45, 7) is 0. The Hall–Kier alpha value is -1.40. The van der Waals surface area contributed by atoms with Crippen molar-refractivity contribution >= 4 is 6.08 Å². The van der Waals surface area contributed by atoms with Crippen LogP contribution in [-0.4, -0.2) is 6.08 Å². The van der Waals surface area contributed by atoms with Gasteiger partial charge in [-0.1, -0.05) is 18.2 Å². The molecule has 0 heterocycles. The molecule has 10 heavy (non-hydrogen) atoms. The zero-order chi connectivity index (χ0) is 7.23. The van der Waals surface area contributed by atoms with Crippen LogP contribution in [0.5, 0.6) is 0 Å². The Kier molecular flexibility index (Phi) is 2.41. The van der Waals surface area contributed by atoms with Crippen LogP contribution in [0.3, 0.4) is 0 Å². The molecule has 0 amide bonds. The van der Waals surface area contributed by atoms with Crippen molar-refractivity contribution in [1.82, 2.24) is 0 Å². The fraction of sp³-hybridized carbons (Fsp3) is 0.125. The minimum Gasteiger partial charge on any atom is -0.211 e. The maximum atomic E-state index is 9.79. The second-order valence-corrected chi connectivity index (χ2v) is 1.86. The molecule has 0 aliphatic heterocycles. The van der Waals surface area contributed by atoms with E-state index in [-0.39, 0.29) is 0 Å². The number of aliphatic imine (C=N–C) groups is 1. The third-order valence-corrected chi connectivity index (χ3v) is 1.14. The van der Waals surface area contributed by atoms with E-state index in [9.17, 15) is 4.79 Å². The van der Waals surface area contributed by atoms with Crippen molar-refractivity contribution in [3.8, 4) is 0 Å². The fourth-order valence-corrected chi connectivity index (χ4v) is 0.695. The van der Waals surface area contributed by atoms with Gasteiger partial charge in [0.1, 0.15) is 0 Å². The molecule has 0 fully saturated rings. The Labute approximate surface area is 59.3 Å². The van der Waals surface area contributed by atoms with E-state index >= 15 is 0 Å². The summed E-state index contributed by atoms with van der Waals surface area (Å²) in [5.74, 6) is 0. The highest BCUT2D eigenvalue weighted by molar-refractivity contribution is 5.41. The Morgan fingerprint density at radius 3 is 3.20 bits per heavy atom. The zero-order valence-electron chi connectivity index (χ0n) is 5.45. The van der Waals surface area contributed by atoms with E-state index in [1.165, 1.54) is 6.08 Å². The quantitative estimate of drug-likeness (QED) is 0.395. The lowest BCUT2D eigenvalue weighted by molar-refractivity contribution is 0.565. The molecule has 0 aromatic carbocycles. The van der Waals surface area contributed by atoms with Crippen molar-refractivity contribution in [1.29, 1.82) is 0 Å². The molecule has 0 bridgehead atoms. The molecule has 50 valence electrons. The average Bonchev–Trinajstić information content (AvgIpc) is 2.17. The van der Waals surface area contributed by atoms with Crippen LogP contribution < -0.4 is 0 Å². The van der Waals surface area contributed by atoms with Gasteiger partial charge in [0.25, 0.3) is 0 Å². The van der Waals surface area contributed by atoms with Gasteiger partial charge in [-0.3, -0.25) is 0 Å². The number of nitrogens with zero attached hydrogens (tertiary/aromatic N) is 1. The van der Waals surface area contributed by atoms with E-state index in [0.717, 1.165) is 6.42 Å². The Morgan fingerprint density at radius 2 is 2.40 bits per heavy atom. The number of isocyanates is 1. The van der Waals surface area contributed by atoms with E-state index in [1.54, 1.807) is 12.2 Å². The molecule has 2 nitrogen and oxygen atoms in total. The van der Waals surface area contributed by atoms with Crippen LogP contribution in [0, 0.1) is 0 Å². The third-order valence-electron chi connectivity index (χ3n) is 1.14. The number of rotatable bonds is 1. The summed E-state index contributed by atoms with van der Waals surface area (Å²) < 4.78 is 0. The summed E-state index contributed by atoms with van der Waals surface area (Å²) in [6.07, 6.45) is 11.8. The molecule has 1 aliphatic carbocycles. The van der Waals surface area contributed by atoms with Crippen LogP contribution in [0.15, 0.2) is 41.1 Å². The molecule has 0 aromatic heterocycles. The van der Waals surface area contributed by atoms with Crippen molar-refractivity contribution in [2.75, 3.05) is 0 Å². The monoisotopic (exact) mass is 133 g/mol. The Bertz CT molecular complexity index is 242. The number of hydrogen-bond donors (Lipinski definition) is 0. The van der Waals surface area contributed by atoms with Crippen molar-refractivity contribution in [2.24, 2.45) is 4.99 Å². The number of hydrogen-bond acceptors (Lipinski definition) is 2. The second-order valence-electron chi connectivity index (χ2n) is 1.86. The smallest absolute Gasteiger partial charge is 0.211 e. The molecule has 2 heteroatoms. The first-order valence-electron chi connectivity index (χ1n) is 3.05. The summed E-state index contributed by atoms with van der Waals surface area (Å²) in [6, 6.07) is 0. The van der Waals surface area contributed by atoms with Crippen molar-refractivity contribution in [2.45, 2.75) is 6.42 Å². The van der Waals surface area contributed by atoms with Crippen molar-refractivity contribution in [3.05, 3.63) is 36.1 Å². The van der Waals surface area contributed by atoms with E-state index in [2.05, 4.69) is 4.99 Å². The van der Waals surface area contributed by atoms with E-state index in [0.29, 0.717) is 5.70 Å². The van der Waals surface area contributed by atoms with Crippen molar-refractivity contribution in [3.63, 3.8) is 0 Å². The fourth-order valence-electron chi connectivity index (χ4n) is 0.695. The first-order chi connectivity index (χ1) is 4.93. The van der Waals surface area contributed by atoms with Gasteiger partial charge in [-0.15, -0.1) is 0 Å². The normalized spacial score (nSPS) is 15.4. The van der Waals surface area contributed by atoms with Crippen LogP contribution in [0.25, 0.3) is 0 Å². The number of carbonyl (C=O) groups excluding carboxylic acids is 1. The van der Waals surface area contributed by atoms with E-state index in [4.69, 9.17) is 0 Å². The van der Waals surface area contributed by atoms with Gasteiger partial charge >= 0.3 is 0 Å². The molecule has 0 atom stereocenters. The standard InChI is InChI=1S/C8H7NO/c10-7-9-8-5-3-1-2-4-6-8/h1,3-6H,2H2. The topological polar surface area (TPSA) is 29.4 Å². The van der Waals surface area contributed by atoms with Crippen LogP contribution in [-0.2, 0) is 4.79 Å². The molecule has 1 aliphatic rings. The summed E-state index contributed by atoms with van der Waals surface area (Å²) in [5.41, 5.74) is 0.656. The lowest BCUT2D eigenvalue weighted by Crippen LogP contribution is -1.66. The summed E-state index contributed by atoms with van der Waals surface area (Å²) >= 11 is 0. The van der Waals surface area contributed by atoms with E-state index in [1.807, 2.05) is 18.2 Å². The number of allylic oxidation sites excluding steroid dienone is 5. The predicted octanol–water partition coefficient (Wildman–Crippen LogP) is 1.72. The Morgan fingerprint density at radius 1 is 1.50 bits per heavy atom. The highest BCUT2D eigenvalue weighted by Crippen LogP contribution is 2.03. The van der Waals surface area contributed by atoms with Crippen LogP contribution in [0.1, 0.15) is 6.42 Å². The predicted molar refractivity (Wildman–Crippen MR) is 39.1 cm³/mol. The molecule has 0 unspecified atom stereocenters. The molecule has 0 aromatic rings. The van der Waals surface area contributed by atoms with E-state index < -0.39 is 0 Å². The minimum atomic E-state index is 0.656. The van der Waals surface area contributed by atoms with Gasteiger partial charge in [-0.25, -0.2) is 4.79 Å². The zero-order valence-corrected chi connectivity index (χ0v) is 5.45. The first kappa shape index (κ1) is 6.72. The third kappa shape index (κ3) is 1.84. The van der Waals surface area contributed by atoms with Crippen LogP contribution >= 0.6 is 0 Å². The highest BCUT2D eigenvalue weighted by atomic mass is 16.1. The van der Waals surface area contributed by atoms with Crippen LogP contribution in [0.4, 0.5) is 0 Å². The largest absolute Gasteiger partial charge is 0.240 e. The summed E-state index contributed by atoms with van der Waals surface area (Å²) in [5, 5.41) is 0. The molecular weight excluding hydrogens is 126 g/mol. The minimum absolute atomic E-state index is 0.656. The molecule has 0 saturated heterocycles. The van der Waals surface area contributed by atoms with Crippen LogP contribution in [0.2, 0.25) is 0 Å².